The first-order valence-electron chi connectivity index (χ1n) is 9.65. The van der Waals surface area contributed by atoms with Gasteiger partial charge in [0.15, 0.2) is 5.13 Å². The lowest BCUT2D eigenvalue weighted by Crippen LogP contribution is -2.14. The highest BCUT2D eigenvalue weighted by molar-refractivity contribution is 7.80. The minimum Gasteiger partial charge on any atom is -0.384 e. The van der Waals surface area contributed by atoms with E-state index in [1.807, 2.05) is 24.4 Å². The van der Waals surface area contributed by atoms with E-state index < -0.39 is 17.6 Å². The van der Waals surface area contributed by atoms with E-state index >= 15 is 0 Å². The number of thiazole rings is 1. The normalized spacial score (nSPS) is 12.5. The monoisotopic (exact) mass is 465 g/mol. The van der Waals surface area contributed by atoms with Gasteiger partial charge in [-0.15, -0.1) is 11.3 Å². The quantitative estimate of drug-likeness (QED) is 0.398. The Labute approximate surface area is 188 Å². The zero-order valence-electron chi connectivity index (χ0n) is 17.0. The molecule has 0 fully saturated rings. The summed E-state index contributed by atoms with van der Waals surface area (Å²) in [5.41, 5.74) is 3.20. The maximum Gasteiger partial charge on any atom is 0.416 e. The van der Waals surface area contributed by atoms with Crippen LogP contribution >= 0.6 is 24.0 Å². The minimum atomic E-state index is -4.50. The Kier molecular flexibility index (Phi) is 7.27. The number of hydrogen-bond donors (Lipinski definition) is 3. The second kappa shape index (κ2) is 9.74. The van der Waals surface area contributed by atoms with Gasteiger partial charge in [0, 0.05) is 28.7 Å². The van der Waals surface area contributed by atoms with Gasteiger partial charge >= 0.3 is 6.18 Å². The van der Waals surface area contributed by atoms with Crippen molar-refractivity contribution >= 4 is 40.7 Å². The van der Waals surface area contributed by atoms with Gasteiger partial charge in [0.1, 0.15) is 0 Å². The summed E-state index contributed by atoms with van der Waals surface area (Å²) in [5, 5.41) is 8.04. The Morgan fingerprint density at radius 1 is 1.26 bits per heavy atom. The Hall–Kier alpha value is -2.52. The number of aromatic nitrogens is 1. The minimum absolute atomic E-state index is 0.0571. The number of carbonyl (C=O) groups excluding carboxylic acids is 1. The molecule has 1 aliphatic heterocycles. The average molecular weight is 466 g/mol. The summed E-state index contributed by atoms with van der Waals surface area (Å²) in [6.07, 6.45) is -3.55. The molecule has 0 spiro atoms. The number of rotatable bonds is 3. The number of halogens is 3. The van der Waals surface area contributed by atoms with Gasteiger partial charge < -0.3 is 5.32 Å². The number of carbonyl (C=O) groups is 1. The molecule has 0 aliphatic carbocycles. The van der Waals surface area contributed by atoms with Crippen molar-refractivity contribution in [3.05, 3.63) is 64.0 Å². The van der Waals surface area contributed by atoms with Gasteiger partial charge in [0.25, 0.3) is 5.91 Å². The van der Waals surface area contributed by atoms with Crippen molar-refractivity contribution in [2.24, 2.45) is 0 Å². The molecular formula is C22H22F3N3OS2. The standard InChI is InChI=1S/C20H16F3N3OS.C2H6S/c1-11-2-3-14(9-15(11)20(21,22)23)18(27)26-19-25-17(10-28-19)12-4-5-16-13(8-12)6-7-24-16;1-2-3/h2-5,8-10,24H,6-7H2,1H3,(H,25,26,27);3H,2H2,1H3. The lowest BCUT2D eigenvalue weighted by atomic mass is 10.0. The van der Waals surface area contributed by atoms with Gasteiger partial charge in [-0.25, -0.2) is 4.98 Å². The molecule has 4 nitrogen and oxygen atoms in total. The summed E-state index contributed by atoms with van der Waals surface area (Å²) in [4.78, 5) is 16.8. The Balaban J connectivity index is 0.000000858. The van der Waals surface area contributed by atoms with E-state index in [0.29, 0.717) is 5.13 Å². The Bertz CT molecular complexity index is 1080. The summed E-state index contributed by atoms with van der Waals surface area (Å²) in [5.74, 6) is 0.324. The lowest BCUT2D eigenvalue weighted by Gasteiger charge is -2.11. The molecule has 2 N–H and O–H groups in total. The fourth-order valence-electron chi connectivity index (χ4n) is 3.17. The Morgan fingerprint density at radius 2 is 2.00 bits per heavy atom. The van der Waals surface area contributed by atoms with Crippen molar-refractivity contribution in [1.29, 1.82) is 0 Å². The number of hydrogen-bond acceptors (Lipinski definition) is 5. The van der Waals surface area contributed by atoms with E-state index in [9.17, 15) is 18.0 Å². The maximum atomic E-state index is 13.1. The fourth-order valence-corrected chi connectivity index (χ4v) is 3.88. The number of anilines is 2. The summed E-state index contributed by atoms with van der Waals surface area (Å²) < 4.78 is 39.2. The molecule has 4 rings (SSSR count). The number of alkyl halides is 3. The van der Waals surface area contributed by atoms with Crippen molar-refractivity contribution in [3.8, 4) is 11.3 Å². The van der Waals surface area contributed by atoms with E-state index in [1.54, 1.807) is 0 Å². The lowest BCUT2D eigenvalue weighted by molar-refractivity contribution is -0.138. The molecule has 2 aromatic carbocycles. The molecule has 0 unspecified atom stereocenters. The molecule has 1 amide bonds. The van der Waals surface area contributed by atoms with Crippen molar-refractivity contribution < 1.29 is 18.0 Å². The first-order chi connectivity index (χ1) is 14.7. The van der Waals surface area contributed by atoms with E-state index in [2.05, 4.69) is 34.3 Å². The third-order valence-electron chi connectivity index (χ3n) is 4.64. The summed E-state index contributed by atoms with van der Waals surface area (Å²) >= 11 is 5.02. The van der Waals surface area contributed by atoms with Gasteiger partial charge in [-0.2, -0.15) is 25.8 Å². The highest BCUT2D eigenvalue weighted by Crippen LogP contribution is 2.33. The molecule has 0 bridgehead atoms. The van der Waals surface area contributed by atoms with Gasteiger partial charge in [-0.1, -0.05) is 19.1 Å². The third-order valence-corrected chi connectivity index (χ3v) is 5.40. The smallest absolute Gasteiger partial charge is 0.384 e. The van der Waals surface area contributed by atoms with Gasteiger partial charge in [0.05, 0.1) is 11.3 Å². The molecule has 0 radical (unpaired) electrons. The van der Waals surface area contributed by atoms with Crippen LogP contribution in [0, 0.1) is 6.92 Å². The molecule has 31 heavy (non-hydrogen) atoms. The summed E-state index contributed by atoms with van der Waals surface area (Å²) in [6.45, 7) is 4.26. The second-order valence-electron chi connectivity index (χ2n) is 6.88. The van der Waals surface area contributed by atoms with Gasteiger partial charge in [-0.3, -0.25) is 10.1 Å². The fraction of sp³-hybridized carbons (Fsp3) is 0.273. The van der Waals surface area contributed by atoms with Crippen LogP contribution in [0.25, 0.3) is 11.3 Å². The second-order valence-corrected chi connectivity index (χ2v) is 8.37. The van der Waals surface area contributed by atoms with E-state index in [-0.39, 0.29) is 11.1 Å². The van der Waals surface area contributed by atoms with Crippen LogP contribution in [0.5, 0.6) is 0 Å². The number of benzene rings is 2. The van der Waals surface area contributed by atoms with Crippen LogP contribution in [-0.2, 0) is 12.6 Å². The highest BCUT2D eigenvalue weighted by atomic mass is 32.1. The molecule has 1 aliphatic rings. The number of aryl methyl sites for hydroxylation is 1. The first kappa shape index (κ1) is 23.1. The molecule has 9 heteroatoms. The zero-order valence-corrected chi connectivity index (χ0v) is 18.7. The molecule has 164 valence electrons. The van der Waals surface area contributed by atoms with Crippen LogP contribution in [0.15, 0.2) is 41.8 Å². The topological polar surface area (TPSA) is 54.0 Å². The molecule has 0 saturated carbocycles. The number of nitrogens with zero attached hydrogens (tertiary/aromatic N) is 1. The molecule has 0 saturated heterocycles. The van der Waals surface area contributed by atoms with Gasteiger partial charge in [0.2, 0.25) is 0 Å². The summed E-state index contributed by atoms with van der Waals surface area (Å²) in [6, 6.07) is 9.55. The maximum absolute atomic E-state index is 13.1. The van der Waals surface area contributed by atoms with Crippen molar-refractivity contribution in [3.63, 3.8) is 0 Å². The predicted octanol–water partition coefficient (Wildman–Crippen LogP) is 6.29. The number of fused-ring (bicyclic) bond motifs is 1. The molecule has 2 heterocycles. The zero-order chi connectivity index (χ0) is 22.6. The van der Waals surface area contributed by atoms with E-state index in [0.717, 1.165) is 41.7 Å². The van der Waals surface area contributed by atoms with E-state index in [1.165, 1.54) is 36.0 Å². The van der Waals surface area contributed by atoms with Crippen molar-refractivity contribution in [2.45, 2.75) is 26.4 Å². The van der Waals surface area contributed by atoms with Gasteiger partial charge in [-0.05, 0) is 54.5 Å². The highest BCUT2D eigenvalue weighted by Gasteiger charge is 2.33. The van der Waals surface area contributed by atoms with Crippen LogP contribution in [0.2, 0.25) is 0 Å². The number of nitrogens with one attached hydrogen (secondary N) is 2. The largest absolute Gasteiger partial charge is 0.416 e. The predicted molar refractivity (Wildman–Crippen MR) is 123 cm³/mol. The summed E-state index contributed by atoms with van der Waals surface area (Å²) in [7, 11) is 0. The van der Waals surface area contributed by atoms with Crippen LogP contribution in [0.3, 0.4) is 0 Å². The molecule has 1 aromatic heterocycles. The Morgan fingerprint density at radius 3 is 2.71 bits per heavy atom. The van der Waals surface area contributed by atoms with Crippen LogP contribution in [0.1, 0.15) is 34.0 Å². The molecule has 3 aromatic rings. The first-order valence-corrected chi connectivity index (χ1v) is 11.2. The van der Waals surface area contributed by atoms with Crippen molar-refractivity contribution in [2.75, 3.05) is 22.9 Å². The molecular weight excluding hydrogens is 443 g/mol. The van der Waals surface area contributed by atoms with Crippen molar-refractivity contribution in [1.82, 2.24) is 4.98 Å². The molecule has 0 atom stereocenters. The van der Waals surface area contributed by atoms with Crippen LogP contribution in [-0.4, -0.2) is 23.2 Å². The number of thiol groups is 1. The van der Waals surface area contributed by atoms with E-state index in [4.69, 9.17) is 0 Å². The third kappa shape index (κ3) is 5.59. The van der Waals surface area contributed by atoms with Crippen LogP contribution in [0.4, 0.5) is 24.0 Å². The SMILES string of the molecule is CCS.Cc1ccc(C(=O)Nc2nc(-c3ccc4c(c3)CCN4)cs2)cc1C(F)(F)F. The number of amides is 1. The van der Waals surface area contributed by atoms with Crippen LogP contribution < -0.4 is 10.6 Å². The average Bonchev–Trinajstić information content (AvgIpc) is 3.36.